The average molecular weight is 349 g/mol. The minimum Gasteiger partial charge on any atom is -0.496 e. The molecule has 3 rings (SSSR count). The molecule has 0 saturated carbocycles. The molecule has 1 heterocycles. The van der Waals surface area contributed by atoms with Crippen LogP contribution in [-0.2, 0) is 10.0 Å². The smallest absolute Gasteiger partial charge is 0.262 e. The van der Waals surface area contributed by atoms with E-state index in [2.05, 4.69) is 4.72 Å². The third-order valence-electron chi connectivity index (χ3n) is 3.78. The van der Waals surface area contributed by atoms with Crippen molar-refractivity contribution in [1.82, 2.24) is 0 Å². The summed E-state index contributed by atoms with van der Waals surface area (Å²) in [5.74, 6) is 1.80. The van der Waals surface area contributed by atoms with Crippen LogP contribution in [0.25, 0.3) is 0 Å². The van der Waals surface area contributed by atoms with Crippen molar-refractivity contribution in [3.63, 3.8) is 0 Å². The van der Waals surface area contributed by atoms with Gasteiger partial charge in [-0.1, -0.05) is 0 Å². The van der Waals surface area contributed by atoms with Crippen LogP contribution in [0.5, 0.6) is 17.2 Å². The Bertz CT molecular complexity index is 877. The van der Waals surface area contributed by atoms with Crippen molar-refractivity contribution in [2.45, 2.75) is 18.7 Å². The van der Waals surface area contributed by atoms with Gasteiger partial charge in [0, 0.05) is 6.07 Å². The normalized spacial score (nSPS) is 13.5. The van der Waals surface area contributed by atoms with Gasteiger partial charge in [0.05, 0.1) is 17.7 Å². The molecule has 24 heavy (non-hydrogen) atoms. The molecule has 128 valence electrons. The van der Waals surface area contributed by atoms with Crippen LogP contribution in [0.3, 0.4) is 0 Å². The van der Waals surface area contributed by atoms with E-state index in [1.165, 1.54) is 0 Å². The second kappa shape index (κ2) is 6.24. The van der Waals surface area contributed by atoms with Gasteiger partial charge in [0.1, 0.15) is 19.0 Å². The maximum atomic E-state index is 12.7. The zero-order chi connectivity index (χ0) is 17.3. The summed E-state index contributed by atoms with van der Waals surface area (Å²) in [6.45, 7) is 4.48. The maximum absolute atomic E-state index is 12.7. The van der Waals surface area contributed by atoms with E-state index in [4.69, 9.17) is 14.2 Å². The number of methoxy groups -OCH3 is 1. The number of rotatable bonds is 4. The molecule has 0 fully saturated rings. The third kappa shape index (κ3) is 3.12. The number of hydrogen-bond donors (Lipinski definition) is 1. The van der Waals surface area contributed by atoms with Gasteiger partial charge < -0.3 is 14.2 Å². The van der Waals surface area contributed by atoms with Crippen LogP contribution in [0.2, 0.25) is 0 Å². The average Bonchev–Trinajstić information content (AvgIpc) is 2.56. The van der Waals surface area contributed by atoms with Gasteiger partial charge in [-0.3, -0.25) is 4.72 Å². The number of anilines is 1. The Morgan fingerprint density at radius 3 is 2.42 bits per heavy atom. The lowest BCUT2D eigenvalue weighted by atomic mass is 10.1. The third-order valence-corrected chi connectivity index (χ3v) is 5.30. The summed E-state index contributed by atoms with van der Waals surface area (Å²) in [6, 6.07) is 8.29. The van der Waals surface area contributed by atoms with Crippen LogP contribution in [-0.4, -0.2) is 28.7 Å². The maximum Gasteiger partial charge on any atom is 0.262 e. The lowest BCUT2D eigenvalue weighted by Gasteiger charge is -2.19. The summed E-state index contributed by atoms with van der Waals surface area (Å²) in [6.07, 6.45) is 0. The molecular formula is C17H19NO5S. The standard InChI is InChI=1S/C17H19NO5S/c1-11-9-17(12(2)8-15(11)21-3)24(19,20)18-13-4-5-14-16(10-13)23-7-6-22-14/h4-5,8-10,18H,6-7H2,1-3H3. The highest BCUT2D eigenvalue weighted by molar-refractivity contribution is 7.92. The van der Waals surface area contributed by atoms with E-state index in [1.807, 2.05) is 0 Å². The van der Waals surface area contributed by atoms with Gasteiger partial charge >= 0.3 is 0 Å². The van der Waals surface area contributed by atoms with Crippen LogP contribution in [0.4, 0.5) is 5.69 Å². The molecule has 1 N–H and O–H groups in total. The molecule has 1 aliphatic heterocycles. The van der Waals surface area contributed by atoms with Crippen molar-refractivity contribution in [3.8, 4) is 17.2 Å². The molecular weight excluding hydrogens is 330 g/mol. The number of fused-ring (bicyclic) bond motifs is 1. The Morgan fingerprint density at radius 2 is 1.71 bits per heavy atom. The van der Waals surface area contributed by atoms with Gasteiger partial charge in [-0.2, -0.15) is 0 Å². The SMILES string of the molecule is COc1cc(C)c(S(=O)(=O)Nc2ccc3c(c2)OCCO3)cc1C. The first-order valence-electron chi connectivity index (χ1n) is 7.48. The van der Waals surface area contributed by atoms with Crippen molar-refractivity contribution in [2.75, 3.05) is 25.0 Å². The molecule has 7 heteroatoms. The predicted molar refractivity (Wildman–Crippen MR) is 90.7 cm³/mol. The summed E-state index contributed by atoms with van der Waals surface area (Å²) in [7, 11) is -2.16. The molecule has 2 aromatic rings. The van der Waals surface area contributed by atoms with Crippen LogP contribution >= 0.6 is 0 Å². The first-order chi connectivity index (χ1) is 11.4. The Labute approximate surface area is 141 Å². The fraction of sp³-hybridized carbons (Fsp3) is 0.294. The first kappa shape index (κ1) is 16.4. The molecule has 0 spiro atoms. The quantitative estimate of drug-likeness (QED) is 0.919. The van der Waals surface area contributed by atoms with E-state index in [-0.39, 0.29) is 4.90 Å². The molecule has 0 aromatic heterocycles. The lowest BCUT2D eigenvalue weighted by molar-refractivity contribution is 0.171. The topological polar surface area (TPSA) is 73.9 Å². The minimum absolute atomic E-state index is 0.218. The van der Waals surface area contributed by atoms with Crippen molar-refractivity contribution < 1.29 is 22.6 Å². The van der Waals surface area contributed by atoms with Crippen LogP contribution < -0.4 is 18.9 Å². The summed E-state index contributed by atoms with van der Waals surface area (Å²) < 4.78 is 44.2. The summed E-state index contributed by atoms with van der Waals surface area (Å²) in [5, 5.41) is 0. The monoisotopic (exact) mass is 349 g/mol. The fourth-order valence-corrected chi connectivity index (χ4v) is 3.95. The number of ether oxygens (including phenoxy) is 3. The van der Waals surface area contributed by atoms with Crippen molar-refractivity contribution in [1.29, 1.82) is 0 Å². The molecule has 0 unspecified atom stereocenters. The Balaban J connectivity index is 1.93. The van der Waals surface area contributed by atoms with Crippen LogP contribution in [0.1, 0.15) is 11.1 Å². The molecule has 0 atom stereocenters. The number of benzene rings is 2. The number of nitrogens with one attached hydrogen (secondary N) is 1. The Kier molecular flexibility index (Phi) is 4.28. The summed E-state index contributed by atoms with van der Waals surface area (Å²) in [4.78, 5) is 0.218. The lowest BCUT2D eigenvalue weighted by Crippen LogP contribution is -2.17. The number of hydrogen-bond acceptors (Lipinski definition) is 5. The first-order valence-corrected chi connectivity index (χ1v) is 8.97. The zero-order valence-corrected chi connectivity index (χ0v) is 14.6. The summed E-state index contributed by atoms with van der Waals surface area (Å²) in [5.41, 5.74) is 1.79. The van der Waals surface area contributed by atoms with E-state index < -0.39 is 10.0 Å². The van der Waals surface area contributed by atoms with E-state index >= 15 is 0 Å². The highest BCUT2D eigenvalue weighted by Gasteiger charge is 2.20. The second-order valence-corrected chi connectivity index (χ2v) is 7.20. The van der Waals surface area contributed by atoms with Crippen LogP contribution in [0, 0.1) is 13.8 Å². The molecule has 0 amide bonds. The Hall–Kier alpha value is -2.41. The molecule has 0 radical (unpaired) electrons. The van der Waals surface area contributed by atoms with Gasteiger partial charge in [0.15, 0.2) is 11.5 Å². The minimum atomic E-state index is -3.72. The van der Waals surface area contributed by atoms with Gasteiger partial charge in [-0.15, -0.1) is 0 Å². The largest absolute Gasteiger partial charge is 0.496 e. The van der Waals surface area contributed by atoms with E-state index in [9.17, 15) is 8.42 Å². The van der Waals surface area contributed by atoms with E-state index in [1.54, 1.807) is 51.3 Å². The molecule has 0 saturated heterocycles. The van der Waals surface area contributed by atoms with Gasteiger partial charge in [0.25, 0.3) is 10.0 Å². The molecule has 1 aliphatic rings. The number of aryl methyl sites for hydroxylation is 2. The predicted octanol–water partition coefficient (Wildman–Crippen LogP) is 2.88. The molecule has 0 bridgehead atoms. The van der Waals surface area contributed by atoms with Crippen molar-refractivity contribution in [2.24, 2.45) is 0 Å². The molecule has 0 aliphatic carbocycles. The molecule has 2 aromatic carbocycles. The molecule has 6 nitrogen and oxygen atoms in total. The highest BCUT2D eigenvalue weighted by Crippen LogP contribution is 2.34. The summed E-state index contributed by atoms with van der Waals surface area (Å²) >= 11 is 0. The van der Waals surface area contributed by atoms with Gasteiger partial charge in [-0.25, -0.2) is 8.42 Å². The van der Waals surface area contributed by atoms with Crippen molar-refractivity contribution in [3.05, 3.63) is 41.5 Å². The van der Waals surface area contributed by atoms with Gasteiger partial charge in [-0.05, 0) is 49.2 Å². The van der Waals surface area contributed by atoms with E-state index in [0.717, 1.165) is 5.56 Å². The van der Waals surface area contributed by atoms with E-state index in [0.29, 0.717) is 41.7 Å². The zero-order valence-electron chi connectivity index (χ0n) is 13.8. The second-order valence-electron chi connectivity index (χ2n) is 5.55. The number of sulfonamides is 1. The van der Waals surface area contributed by atoms with Gasteiger partial charge in [0.2, 0.25) is 0 Å². The highest BCUT2D eigenvalue weighted by atomic mass is 32.2. The van der Waals surface area contributed by atoms with Crippen LogP contribution in [0.15, 0.2) is 35.2 Å². The van der Waals surface area contributed by atoms with Crippen molar-refractivity contribution >= 4 is 15.7 Å². The fourth-order valence-electron chi connectivity index (χ4n) is 2.59. The Morgan fingerprint density at radius 1 is 1.00 bits per heavy atom.